The Balaban J connectivity index is 2.00. The summed E-state index contributed by atoms with van der Waals surface area (Å²) in [5, 5.41) is 8.98. The lowest BCUT2D eigenvalue weighted by atomic mass is 9.87. The molecule has 0 saturated carbocycles. The van der Waals surface area contributed by atoms with Gasteiger partial charge in [-0.25, -0.2) is 0 Å². The molecule has 120 valence electrons. The van der Waals surface area contributed by atoms with Gasteiger partial charge in [0.15, 0.2) is 0 Å². The average Bonchev–Trinajstić information content (AvgIpc) is 2.67. The zero-order valence-corrected chi connectivity index (χ0v) is 13.4. The van der Waals surface area contributed by atoms with Crippen LogP contribution in [0.15, 0.2) is 60.8 Å². The Morgan fingerprint density at radius 1 is 1.17 bits per heavy atom. The molecule has 0 aliphatic carbocycles. The molecular formula is C20H18N2O2. The number of methoxy groups -OCH3 is 1. The summed E-state index contributed by atoms with van der Waals surface area (Å²) in [5.41, 5.74) is 2.63. The predicted molar refractivity (Wildman–Crippen MR) is 92.7 cm³/mol. The van der Waals surface area contributed by atoms with Gasteiger partial charge < -0.3 is 14.4 Å². The third kappa shape index (κ3) is 3.02. The van der Waals surface area contributed by atoms with E-state index in [1.54, 1.807) is 19.2 Å². The molecule has 0 spiro atoms. The van der Waals surface area contributed by atoms with Gasteiger partial charge in [0.05, 0.1) is 24.8 Å². The first-order valence-electron chi connectivity index (χ1n) is 7.81. The molecule has 0 saturated heterocycles. The summed E-state index contributed by atoms with van der Waals surface area (Å²) < 4.78 is 5.21. The number of rotatable bonds is 4. The Bertz CT molecular complexity index is 773. The van der Waals surface area contributed by atoms with E-state index in [0.29, 0.717) is 12.0 Å². The van der Waals surface area contributed by atoms with Crippen molar-refractivity contribution in [3.05, 3.63) is 71.9 Å². The van der Waals surface area contributed by atoms with Gasteiger partial charge in [0.2, 0.25) is 0 Å². The first kappa shape index (κ1) is 15.8. The number of benzene rings is 2. The first-order chi connectivity index (χ1) is 11.8. The zero-order chi connectivity index (χ0) is 16.9. The SMILES string of the molecule is COc1ccc(N2C=CC[C@H](C=O)[C@H]2c2ccc(C#N)cc2)cc1. The number of ether oxygens (including phenoxy) is 1. The van der Waals surface area contributed by atoms with Gasteiger partial charge in [-0.15, -0.1) is 0 Å². The number of aldehydes is 1. The molecule has 1 aliphatic rings. The Hall–Kier alpha value is -3.06. The molecule has 1 aliphatic heterocycles. The second kappa shape index (κ2) is 7.01. The molecule has 0 aromatic heterocycles. The minimum atomic E-state index is -0.134. The van der Waals surface area contributed by atoms with E-state index in [0.717, 1.165) is 23.3 Å². The molecule has 3 rings (SSSR count). The molecule has 0 unspecified atom stereocenters. The van der Waals surface area contributed by atoms with Crippen molar-refractivity contribution in [2.75, 3.05) is 12.0 Å². The fraction of sp³-hybridized carbons (Fsp3) is 0.200. The summed E-state index contributed by atoms with van der Waals surface area (Å²) in [6.45, 7) is 0. The van der Waals surface area contributed by atoms with E-state index in [4.69, 9.17) is 10.00 Å². The van der Waals surface area contributed by atoms with Gasteiger partial charge in [0.25, 0.3) is 0 Å². The maximum atomic E-state index is 11.6. The number of carbonyl (C=O) groups excluding carboxylic acids is 1. The maximum Gasteiger partial charge on any atom is 0.125 e. The molecule has 1 heterocycles. The van der Waals surface area contributed by atoms with Crippen LogP contribution in [0, 0.1) is 17.2 Å². The number of anilines is 1. The number of hydrogen-bond acceptors (Lipinski definition) is 4. The van der Waals surface area contributed by atoms with E-state index in [2.05, 4.69) is 11.0 Å². The van der Waals surface area contributed by atoms with E-state index < -0.39 is 0 Å². The van der Waals surface area contributed by atoms with Crippen molar-refractivity contribution < 1.29 is 9.53 Å². The number of allylic oxidation sites excluding steroid dienone is 1. The van der Waals surface area contributed by atoms with Gasteiger partial charge in [-0.1, -0.05) is 18.2 Å². The number of nitriles is 1. The highest BCUT2D eigenvalue weighted by Gasteiger charge is 2.30. The summed E-state index contributed by atoms with van der Waals surface area (Å²) in [4.78, 5) is 13.7. The average molecular weight is 318 g/mol. The van der Waals surface area contributed by atoms with E-state index in [1.165, 1.54) is 0 Å². The third-order valence-corrected chi connectivity index (χ3v) is 4.31. The van der Waals surface area contributed by atoms with Crippen LogP contribution in [0.2, 0.25) is 0 Å². The largest absolute Gasteiger partial charge is 0.497 e. The highest BCUT2D eigenvalue weighted by Crippen LogP contribution is 2.38. The van der Waals surface area contributed by atoms with Gasteiger partial charge in [-0.2, -0.15) is 5.26 Å². The van der Waals surface area contributed by atoms with Crippen molar-refractivity contribution in [2.45, 2.75) is 12.5 Å². The minimum Gasteiger partial charge on any atom is -0.497 e. The van der Waals surface area contributed by atoms with Gasteiger partial charge >= 0.3 is 0 Å². The standard InChI is InChI=1S/C20H18N2O2/c1-24-19-10-8-18(9-11-19)22-12-2-3-17(14-23)20(22)16-6-4-15(13-21)5-7-16/h2,4-12,14,17,20H,3H2,1H3/t17-,20-/m1/s1. The van der Waals surface area contributed by atoms with E-state index in [9.17, 15) is 4.79 Å². The summed E-state index contributed by atoms with van der Waals surface area (Å²) in [6, 6.07) is 17.2. The van der Waals surface area contributed by atoms with Crippen molar-refractivity contribution in [2.24, 2.45) is 5.92 Å². The van der Waals surface area contributed by atoms with Crippen molar-refractivity contribution in [3.8, 4) is 11.8 Å². The fourth-order valence-electron chi connectivity index (χ4n) is 3.05. The summed E-state index contributed by atoms with van der Waals surface area (Å²) >= 11 is 0. The van der Waals surface area contributed by atoms with E-state index in [1.807, 2.05) is 48.7 Å². The topological polar surface area (TPSA) is 53.3 Å². The molecule has 2 atom stereocenters. The van der Waals surface area contributed by atoms with Crippen LogP contribution in [-0.4, -0.2) is 13.4 Å². The van der Waals surface area contributed by atoms with Gasteiger partial charge in [-0.3, -0.25) is 0 Å². The van der Waals surface area contributed by atoms with Crippen molar-refractivity contribution in [1.82, 2.24) is 0 Å². The number of hydrogen-bond donors (Lipinski definition) is 0. The molecule has 0 N–H and O–H groups in total. The zero-order valence-electron chi connectivity index (χ0n) is 13.4. The number of nitrogens with zero attached hydrogens (tertiary/aromatic N) is 2. The summed E-state index contributed by atoms with van der Waals surface area (Å²) in [7, 11) is 1.64. The minimum absolute atomic E-state index is 0.0892. The van der Waals surface area contributed by atoms with Crippen LogP contribution >= 0.6 is 0 Å². The van der Waals surface area contributed by atoms with Gasteiger partial charge in [0, 0.05) is 17.8 Å². The van der Waals surface area contributed by atoms with E-state index >= 15 is 0 Å². The third-order valence-electron chi connectivity index (χ3n) is 4.31. The molecule has 2 aromatic carbocycles. The highest BCUT2D eigenvalue weighted by atomic mass is 16.5. The van der Waals surface area contributed by atoms with Crippen LogP contribution in [0.1, 0.15) is 23.6 Å². The predicted octanol–water partition coefficient (Wildman–Crippen LogP) is 3.85. The monoisotopic (exact) mass is 318 g/mol. The van der Waals surface area contributed by atoms with Crippen LogP contribution in [-0.2, 0) is 4.79 Å². The lowest BCUT2D eigenvalue weighted by molar-refractivity contribution is -0.111. The molecule has 0 amide bonds. The van der Waals surface area contributed by atoms with Crippen LogP contribution in [0.4, 0.5) is 5.69 Å². The van der Waals surface area contributed by atoms with E-state index in [-0.39, 0.29) is 12.0 Å². The number of carbonyl (C=O) groups is 1. The summed E-state index contributed by atoms with van der Waals surface area (Å²) in [6.07, 6.45) is 5.76. The Kier molecular flexibility index (Phi) is 4.62. The molecular weight excluding hydrogens is 300 g/mol. The first-order valence-corrected chi connectivity index (χ1v) is 7.81. The second-order valence-corrected chi connectivity index (χ2v) is 5.70. The Labute approximate surface area is 141 Å². The van der Waals surface area contributed by atoms with Crippen LogP contribution < -0.4 is 9.64 Å². The Morgan fingerprint density at radius 2 is 1.88 bits per heavy atom. The fourth-order valence-corrected chi connectivity index (χ4v) is 3.05. The lowest BCUT2D eigenvalue weighted by Gasteiger charge is -2.37. The molecule has 0 fully saturated rings. The van der Waals surface area contributed by atoms with Crippen LogP contribution in [0.3, 0.4) is 0 Å². The quantitative estimate of drug-likeness (QED) is 0.804. The smallest absolute Gasteiger partial charge is 0.125 e. The molecule has 0 bridgehead atoms. The van der Waals surface area contributed by atoms with Crippen LogP contribution in [0.5, 0.6) is 5.75 Å². The molecule has 2 aromatic rings. The maximum absolute atomic E-state index is 11.6. The van der Waals surface area contributed by atoms with Crippen molar-refractivity contribution in [1.29, 1.82) is 5.26 Å². The Morgan fingerprint density at radius 3 is 2.46 bits per heavy atom. The molecule has 4 heteroatoms. The van der Waals surface area contributed by atoms with Crippen LogP contribution in [0.25, 0.3) is 0 Å². The van der Waals surface area contributed by atoms with Gasteiger partial charge in [0.1, 0.15) is 12.0 Å². The normalized spacial score (nSPS) is 19.6. The molecule has 4 nitrogen and oxygen atoms in total. The van der Waals surface area contributed by atoms with Gasteiger partial charge in [-0.05, 0) is 48.4 Å². The lowest BCUT2D eigenvalue weighted by Crippen LogP contribution is -2.33. The molecule has 24 heavy (non-hydrogen) atoms. The van der Waals surface area contributed by atoms with Crippen molar-refractivity contribution in [3.63, 3.8) is 0 Å². The summed E-state index contributed by atoms with van der Waals surface area (Å²) in [5.74, 6) is 0.659. The second-order valence-electron chi connectivity index (χ2n) is 5.70. The molecule has 0 radical (unpaired) electrons. The highest BCUT2D eigenvalue weighted by molar-refractivity contribution is 5.63. The van der Waals surface area contributed by atoms with Crippen molar-refractivity contribution >= 4 is 12.0 Å².